The van der Waals surface area contributed by atoms with Crippen LogP contribution in [0.1, 0.15) is 336 Å². The molecule has 0 rings (SSSR count). The molecule has 0 aliphatic heterocycles. The second-order valence-electron chi connectivity index (χ2n) is 26.6. The van der Waals surface area contributed by atoms with Crippen molar-refractivity contribution in [2.75, 3.05) is 39.6 Å². The van der Waals surface area contributed by atoms with Crippen molar-refractivity contribution in [1.29, 1.82) is 0 Å². The molecule has 19 heteroatoms. The highest BCUT2D eigenvalue weighted by atomic mass is 31.2. The average molecular weight is 1480 g/mol. The fraction of sp³-hybridized carbons (Fsp3) is 0.735. The highest BCUT2D eigenvalue weighted by Gasteiger charge is 2.30. The molecule has 0 saturated heterocycles. The zero-order chi connectivity index (χ0) is 74.6. The van der Waals surface area contributed by atoms with Gasteiger partial charge < -0.3 is 33.8 Å². The van der Waals surface area contributed by atoms with E-state index in [0.29, 0.717) is 32.1 Å². The van der Waals surface area contributed by atoms with E-state index in [9.17, 15) is 43.2 Å². The van der Waals surface area contributed by atoms with E-state index in [4.69, 9.17) is 37.0 Å². The molecule has 0 aliphatic carbocycles. The lowest BCUT2D eigenvalue weighted by molar-refractivity contribution is -0.161. The highest BCUT2D eigenvalue weighted by molar-refractivity contribution is 7.47. The molecule has 588 valence electrons. The molecule has 5 atom stereocenters. The van der Waals surface area contributed by atoms with Crippen molar-refractivity contribution in [3.63, 3.8) is 0 Å². The summed E-state index contributed by atoms with van der Waals surface area (Å²) in [5.41, 5.74) is 0. The van der Waals surface area contributed by atoms with Crippen LogP contribution in [0.5, 0.6) is 0 Å². The number of rotatable bonds is 75. The number of esters is 4. The first-order chi connectivity index (χ1) is 49.7. The Morgan fingerprint density at radius 2 is 0.520 bits per heavy atom. The first kappa shape index (κ1) is 97.7. The van der Waals surface area contributed by atoms with Crippen LogP contribution >= 0.6 is 15.6 Å². The Balaban J connectivity index is 5.39. The number of unbranched alkanes of at least 4 members (excludes halogenated alkanes) is 31. The van der Waals surface area contributed by atoms with Crippen molar-refractivity contribution in [2.24, 2.45) is 0 Å². The Morgan fingerprint density at radius 3 is 0.843 bits per heavy atom. The Bertz CT molecular complexity index is 2360. The van der Waals surface area contributed by atoms with E-state index >= 15 is 0 Å². The standard InChI is InChI=1S/C83H144O17P2/c1-5-9-13-17-21-25-29-33-36-38-41-44-47-51-55-59-63-67-80(85)93-73-78(99-82(87)69-65-61-57-53-49-43-32-28-24-20-16-12-8-4)75-97-101(89,90)95-71-77(84)72-96-102(91,92)98-76-79(100-83(88)70-66-62-58-54-50-46-40-35-31-27-23-19-15-11-7-3)74-94-81(86)68-64-60-56-52-48-45-42-39-37-34-30-26-22-18-14-10-6-2/h9-10,13-14,21-22,25-26,28,32-34,36-37,42,45,52,56,77-79,84H,5-8,11-12,15-20,23-24,27,29-31,35,38-41,43-44,46-51,53-55,57-76H2,1-4H3,(H,89,90)(H,91,92)/b13-9-,14-10-,25-21-,26-22-,32-28-,36-33-,37-34-,45-42-,56-52-. The normalized spacial score (nSPS) is 14.5. The number of hydrogen-bond donors (Lipinski definition) is 3. The Labute approximate surface area is 619 Å². The summed E-state index contributed by atoms with van der Waals surface area (Å²) in [6.45, 7) is 4.59. The van der Waals surface area contributed by atoms with E-state index in [-0.39, 0.29) is 25.7 Å². The smallest absolute Gasteiger partial charge is 0.462 e. The first-order valence-electron chi connectivity index (χ1n) is 40.1. The van der Waals surface area contributed by atoms with Crippen molar-refractivity contribution in [3.8, 4) is 0 Å². The van der Waals surface area contributed by atoms with Crippen LogP contribution in [-0.4, -0.2) is 96.7 Å². The lowest BCUT2D eigenvalue weighted by Crippen LogP contribution is -2.30. The predicted octanol–water partition coefficient (Wildman–Crippen LogP) is 23.3. The van der Waals surface area contributed by atoms with Gasteiger partial charge in [-0.05, 0) is 122 Å². The monoisotopic (exact) mass is 1470 g/mol. The number of aliphatic hydroxyl groups is 1. The lowest BCUT2D eigenvalue weighted by atomic mass is 10.0. The van der Waals surface area contributed by atoms with Crippen LogP contribution in [0.4, 0.5) is 0 Å². The maximum absolute atomic E-state index is 13.1. The Hall–Kier alpha value is -4.28. The summed E-state index contributed by atoms with van der Waals surface area (Å²) in [6.07, 6.45) is 80.7. The van der Waals surface area contributed by atoms with E-state index in [1.807, 2.05) is 12.2 Å². The summed E-state index contributed by atoms with van der Waals surface area (Å²) in [5, 5.41) is 10.6. The maximum Gasteiger partial charge on any atom is 0.472 e. The molecular formula is C83H144O17P2. The van der Waals surface area contributed by atoms with Crippen molar-refractivity contribution in [1.82, 2.24) is 0 Å². The van der Waals surface area contributed by atoms with Crippen molar-refractivity contribution in [3.05, 3.63) is 109 Å². The summed E-state index contributed by atoms with van der Waals surface area (Å²) in [6, 6.07) is 0. The molecule has 5 unspecified atom stereocenters. The van der Waals surface area contributed by atoms with Gasteiger partial charge in [0.2, 0.25) is 0 Å². The first-order valence-corrected chi connectivity index (χ1v) is 43.1. The SMILES string of the molecule is CC/C=C\C/C=C\C/C=C\C/C=C\C/C=C\CCCC(=O)OCC(COP(=O)(O)OCC(O)COP(=O)(O)OCC(COC(=O)CCCCCCCCC/C=C\C/C=C\C/C=C\CC)OC(=O)CCCCCCC/C=C\CCCCCC)OC(=O)CCCCCCCCCCCCCCCCC. The van der Waals surface area contributed by atoms with Gasteiger partial charge in [-0.15, -0.1) is 0 Å². The minimum atomic E-state index is -4.99. The third kappa shape index (κ3) is 74.0. The molecule has 0 radical (unpaired) electrons. The van der Waals surface area contributed by atoms with Gasteiger partial charge in [-0.3, -0.25) is 37.3 Å². The van der Waals surface area contributed by atoms with E-state index in [2.05, 4.69) is 125 Å². The van der Waals surface area contributed by atoms with E-state index < -0.39 is 97.5 Å². The number of carbonyl (C=O) groups is 4. The molecule has 0 saturated carbocycles. The van der Waals surface area contributed by atoms with Crippen LogP contribution in [0.25, 0.3) is 0 Å². The van der Waals surface area contributed by atoms with E-state index in [1.54, 1.807) is 0 Å². The highest BCUT2D eigenvalue weighted by Crippen LogP contribution is 2.45. The number of phosphoric ester groups is 2. The summed E-state index contributed by atoms with van der Waals surface area (Å²) < 4.78 is 68.6. The van der Waals surface area contributed by atoms with Gasteiger partial charge in [0.15, 0.2) is 12.2 Å². The van der Waals surface area contributed by atoms with Gasteiger partial charge in [-0.25, -0.2) is 9.13 Å². The van der Waals surface area contributed by atoms with Crippen LogP contribution in [-0.2, 0) is 65.4 Å². The second-order valence-corrected chi connectivity index (χ2v) is 29.5. The topological polar surface area (TPSA) is 237 Å². The third-order valence-corrected chi connectivity index (χ3v) is 18.6. The number of allylic oxidation sites excluding steroid dienone is 18. The molecular weight excluding hydrogens is 1330 g/mol. The van der Waals surface area contributed by atoms with Crippen LogP contribution in [0.2, 0.25) is 0 Å². The van der Waals surface area contributed by atoms with Gasteiger partial charge in [0, 0.05) is 25.7 Å². The number of phosphoric acid groups is 2. The molecule has 0 fully saturated rings. The van der Waals surface area contributed by atoms with Crippen LogP contribution < -0.4 is 0 Å². The molecule has 17 nitrogen and oxygen atoms in total. The zero-order valence-electron chi connectivity index (χ0n) is 64.3. The third-order valence-electron chi connectivity index (χ3n) is 16.7. The fourth-order valence-corrected chi connectivity index (χ4v) is 12.3. The molecule has 0 aliphatic rings. The van der Waals surface area contributed by atoms with Gasteiger partial charge in [-0.2, -0.15) is 0 Å². The number of carbonyl (C=O) groups excluding carboxylic acids is 4. The Kier molecular flexibility index (Phi) is 71.8. The van der Waals surface area contributed by atoms with Gasteiger partial charge >= 0.3 is 39.5 Å². The minimum Gasteiger partial charge on any atom is -0.462 e. The number of aliphatic hydroxyl groups excluding tert-OH is 1. The predicted molar refractivity (Wildman–Crippen MR) is 418 cm³/mol. The second kappa shape index (κ2) is 75.0. The summed E-state index contributed by atoms with van der Waals surface area (Å²) >= 11 is 0. The average Bonchev–Trinajstić information content (AvgIpc) is 0.939. The van der Waals surface area contributed by atoms with Crippen LogP contribution in [0.15, 0.2) is 109 Å². The van der Waals surface area contributed by atoms with Gasteiger partial charge in [0.05, 0.1) is 26.4 Å². The molecule has 102 heavy (non-hydrogen) atoms. The fourth-order valence-electron chi connectivity index (χ4n) is 10.7. The van der Waals surface area contributed by atoms with Crippen molar-refractivity contribution in [2.45, 2.75) is 354 Å². The molecule has 0 bridgehead atoms. The molecule has 3 N–H and O–H groups in total. The van der Waals surface area contributed by atoms with Gasteiger partial charge in [0.1, 0.15) is 19.3 Å². The van der Waals surface area contributed by atoms with Crippen molar-refractivity contribution >= 4 is 39.5 Å². The molecule has 0 aromatic rings. The molecule has 0 aromatic carbocycles. The molecule has 0 aromatic heterocycles. The quantitative estimate of drug-likeness (QED) is 0.0169. The molecule has 0 heterocycles. The van der Waals surface area contributed by atoms with Crippen molar-refractivity contribution < 1.29 is 80.2 Å². The minimum absolute atomic E-state index is 0.0814. The van der Waals surface area contributed by atoms with E-state index in [1.165, 1.54) is 89.9 Å². The summed E-state index contributed by atoms with van der Waals surface area (Å²) in [7, 11) is -9.97. The zero-order valence-corrected chi connectivity index (χ0v) is 66.0. The van der Waals surface area contributed by atoms with Gasteiger partial charge in [0.25, 0.3) is 0 Å². The number of ether oxygens (including phenoxy) is 4. The summed E-state index contributed by atoms with van der Waals surface area (Å²) in [5.74, 6) is -2.25. The largest absolute Gasteiger partial charge is 0.472 e. The van der Waals surface area contributed by atoms with Crippen LogP contribution in [0, 0.1) is 0 Å². The van der Waals surface area contributed by atoms with Gasteiger partial charge in [-0.1, -0.05) is 298 Å². The number of hydrogen-bond acceptors (Lipinski definition) is 15. The Morgan fingerprint density at radius 1 is 0.284 bits per heavy atom. The summed E-state index contributed by atoms with van der Waals surface area (Å²) in [4.78, 5) is 73.0. The molecule has 0 spiro atoms. The van der Waals surface area contributed by atoms with Crippen LogP contribution in [0.3, 0.4) is 0 Å². The lowest BCUT2D eigenvalue weighted by Gasteiger charge is -2.21. The maximum atomic E-state index is 13.1. The van der Waals surface area contributed by atoms with E-state index in [0.717, 1.165) is 161 Å². The molecule has 0 amide bonds.